The van der Waals surface area contributed by atoms with E-state index in [1.165, 1.54) is 18.3 Å². The Morgan fingerprint density at radius 2 is 1.72 bits per heavy atom. The number of carbonyl (C=O) groups excluding carboxylic acids is 2. The Balaban J connectivity index is 2.15. The molecule has 2 aromatic rings. The lowest BCUT2D eigenvalue weighted by atomic mass is 10.0. The molecule has 132 valence electrons. The highest BCUT2D eigenvalue weighted by Crippen LogP contribution is 2.09. The molecule has 0 bridgehead atoms. The summed E-state index contributed by atoms with van der Waals surface area (Å²) in [6, 6.07) is 10.2. The smallest absolute Gasteiger partial charge is 0.265 e. The van der Waals surface area contributed by atoms with Crippen LogP contribution in [0.2, 0.25) is 0 Å². The van der Waals surface area contributed by atoms with E-state index in [1.807, 2.05) is 4.72 Å². The molecular formula is C17H19N3O4S. The van der Waals surface area contributed by atoms with Crippen molar-refractivity contribution in [2.45, 2.75) is 24.8 Å². The number of nitrogens with one attached hydrogen (secondary N) is 2. The highest BCUT2D eigenvalue weighted by atomic mass is 32.2. The molecule has 1 heterocycles. The van der Waals surface area contributed by atoms with Gasteiger partial charge in [-0.3, -0.25) is 14.6 Å². The van der Waals surface area contributed by atoms with Crippen molar-refractivity contribution in [3.63, 3.8) is 0 Å². The topological polar surface area (TPSA) is 105 Å². The zero-order chi connectivity index (χ0) is 18.4. The summed E-state index contributed by atoms with van der Waals surface area (Å²) in [5.41, 5.74) is 0.385. The lowest BCUT2D eigenvalue weighted by Crippen LogP contribution is -2.51. The molecule has 1 atom stereocenters. The first-order chi connectivity index (χ1) is 11.8. The molecule has 2 amide bonds. The third kappa shape index (κ3) is 4.87. The average Bonchev–Trinajstić information content (AvgIpc) is 2.60. The number of nitrogens with zero attached hydrogens (tertiary/aromatic N) is 1. The van der Waals surface area contributed by atoms with Gasteiger partial charge in [0.1, 0.15) is 10.9 Å². The van der Waals surface area contributed by atoms with Crippen LogP contribution in [0.1, 0.15) is 24.2 Å². The van der Waals surface area contributed by atoms with Crippen LogP contribution >= 0.6 is 0 Å². The van der Waals surface area contributed by atoms with Crippen LogP contribution in [0.4, 0.5) is 0 Å². The third-order valence-corrected chi connectivity index (χ3v) is 4.78. The molecule has 2 N–H and O–H groups in total. The quantitative estimate of drug-likeness (QED) is 0.808. The number of amides is 2. The molecule has 1 aromatic heterocycles. The maximum absolute atomic E-state index is 12.4. The van der Waals surface area contributed by atoms with Crippen molar-refractivity contribution in [1.29, 1.82) is 0 Å². The second kappa shape index (κ2) is 7.89. The number of carbonyl (C=O) groups is 2. The molecular weight excluding hydrogens is 342 g/mol. The van der Waals surface area contributed by atoms with Crippen LogP contribution in [0.15, 0.2) is 59.8 Å². The molecule has 0 saturated heterocycles. The van der Waals surface area contributed by atoms with Crippen LogP contribution < -0.4 is 10.0 Å². The van der Waals surface area contributed by atoms with Gasteiger partial charge in [0.2, 0.25) is 0 Å². The van der Waals surface area contributed by atoms with Crippen molar-refractivity contribution in [2.75, 3.05) is 0 Å². The van der Waals surface area contributed by atoms with E-state index >= 15 is 0 Å². The number of sulfonamides is 1. The third-order valence-electron chi connectivity index (χ3n) is 3.45. The van der Waals surface area contributed by atoms with E-state index in [-0.39, 0.29) is 10.8 Å². The summed E-state index contributed by atoms with van der Waals surface area (Å²) in [6.07, 6.45) is 2.57. The SMILES string of the molecule is CC(C)[C@H](NC(=O)c1ccccc1)C(=O)NS(=O)(=O)c1cccnc1. The average molecular weight is 361 g/mol. The van der Waals surface area contributed by atoms with Gasteiger partial charge in [-0.1, -0.05) is 32.0 Å². The van der Waals surface area contributed by atoms with E-state index in [4.69, 9.17) is 0 Å². The Kier molecular flexibility index (Phi) is 5.87. The van der Waals surface area contributed by atoms with Crippen LogP contribution in [0, 0.1) is 5.92 Å². The molecule has 1 aromatic carbocycles. The lowest BCUT2D eigenvalue weighted by Gasteiger charge is -2.21. The summed E-state index contributed by atoms with van der Waals surface area (Å²) in [7, 11) is -4.05. The highest BCUT2D eigenvalue weighted by Gasteiger charge is 2.28. The minimum atomic E-state index is -4.05. The normalized spacial score (nSPS) is 12.4. The monoisotopic (exact) mass is 361 g/mol. The first-order valence-electron chi connectivity index (χ1n) is 7.64. The van der Waals surface area contributed by atoms with Gasteiger partial charge in [0.15, 0.2) is 0 Å². The number of hydrogen-bond acceptors (Lipinski definition) is 5. The lowest BCUT2D eigenvalue weighted by molar-refractivity contribution is -0.122. The Morgan fingerprint density at radius 3 is 2.28 bits per heavy atom. The number of rotatable bonds is 6. The molecule has 0 saturated carbocycles. The van der Waals surface area contributed by atoms with Crippen molar-refractivity contribution in [3.8, 4) is 0 Å². The predicted octanol–water partition coefficient (Wildman–Crippen LogP) is 1.34. The zero-order valence-electron chi connectivity index (χ0n) is 13.8. The number of pyridine rings is 1. The Morgan fingerprint density at radius 1 is 1.04 bits per heavy atom. The van der Waals surface area contributed by atoms with Crippen LogP contribution in [-0.2, 0) is 14.8 Å². The molecule has 0 fully saturated rings. The second-order valence-corrected chi connectivity index (χ2v) is 7.40. The van der Waals surface area contributed by atoms with Crippen molar-refractivity contribution >= 4 is 21.8 Å². The van der Waals surface area contributed by atoms with Gasteiger partial charge in [-0.2, -0.15) is 0 Å². The van der Waals surface area contributed by atoms with E-state index in [2.05, 4.69) is 10.3 Å². The predicted molar refractivity (Wildman–Crippen MR) is 92.1 cm³/mol. The summed E-state index contributed by atoms with van der Waals surface area (Å²) >= 11 is 0. The first kappa shape index (κ1) is 18.6. The maximum Gasteiger partial charge on any atom is 0.265 e. The van der Waals surface area contributed by atoms with Crippen molar-refractivity contribution in [3.05, 3.63) is 60.4 Å². The molecule has 7 nitrogen and oxygen atoms in total. The number of hydrogen-bond donors (Lipinski definition) is 2. The van der Waals surface area contributed by atoms with Gasteiger partial charge >= 0.3 is 0 Å². The number of aromatic nitrogens is 1. The fourth-order valence-corrected chi connectivity index (χ4v) is 3.08. The van der Waals surface area contributed by atoms with Crippen LogP contribution in [0.25, 0.3) is 0 Å². The minimum Gasteiger partial charge on any atom is -0.340 e. The summed E-state index contributed by atoms with van der Waals surface area (Å²) in [4.78, 5) is 28.3. The Bertz CT molecular complexity index is 837. The maximum atomic E-state index is 12.4. The molecule has 0 aliphatic heterocycles. The molecule has 0 radical (unpaired) electrons. The molecule has 8 heteroatoms. The summed E-state index contributed by atoms with van der Waals surface area (Å²) < 4.78 is 26.5. The van der Waals surface area contributed by atoms with Gasteiger partial charge in [0.05, 0.1) is 0 Å². The number of benzene rings is 1. The fourth-order valence-electron chi connectivity index (χ4n) is 2.11. The van der Waals surface area contributed by atoms with Crippen LogP contribution in [0.5, 0.6) is 0 Å². The summed E-state index contributed by atoms with van der Waals surface area (Å²) in [5.74, 6) is -1.56. The largest absolute Gasteiger partial charge is 0.340 e. The van der Waals surface area contributed by atoms with Gasteiger partial charge in [-0.25, -0.2) is 13.1 Å². The second-order valence-electron chi connectivity index (χ2n) is 5.72. The van der Waals surface area contributed by atoms with Crippen LogP contribution in [0.3, 0.4) is 0 Å². The van der Waals surface area contributed by atoms with Crippen molar-refractivity contribution in [1.82, 2.24) is 15.0 Å². The molecule has 0 aliphatic rings. The van der Waals surface area contributed by atoms with Crippen LogP contribution in [-0.4, -0.2) is 31.3 Å². The summed E-state index contributed by atoms with van der Waals surface area (Å²) in [6.45, 7) is 3.43. The van der Waals surface area contributed by atoms with Gasteiger partial charge in [-0.05, 0) is 30.2 Å². The summed E-state index contributed by atoms with van der Waals surface area (Å²) in [5, 5.41) is 2.58. The minimum absolute atomic E-state index is 0.125. The van der Waals surface area contributed by atoms with Gasteiger partial charge in [0.25, 0.3) is 21.8 Å². The first-order valence-corrected chi connectivity index (χ1v) is 9.12. The van der Waals surface area contributed by atoms with Crippen molar-refractivity contribution in [2.24, 2.45) is 5.92 Å². The van der Waals surface area contributed by atoms with Gasteiger partial charge < -0.3 is 5.32 Å². The standard InChI is InChI=1S/C17H19N3O4S/c1-12(2)15(19-16(21)13-7-4-3-5-8-13)17(22)20-25(23,24)14-9-6-10-18-11-14/h3-12,15H,1-2H3,(H,19,21)(H,20,22)/t15-/m0/s1. The molecule has 25 heavy (non-hydrogen) atoms. The fraction of sp³-hybridized carbons (Fsp3) is 0.235. The molecule has 2 rings (SSSR count). The van der Waals surface area contributed by atoms with Gasteiger partial charge in [0, 0.05) is 18.0 Å². The zero-order valence-corrected chi connectivity index (χ0v) is 14.7. The molecule has 0 unspecified atom stereocenters. The van der Waals surface area contributed by atoms with E-state index in [0.717, 1.165) is 6.20 Å². The Labute approximate surface area is 146 Å². The van der Waals surface area contributed by atoms with E-state index in [0.29, 0.717) is 5.56 Å². The van der Waals surface area contributed by atoms with E-state index < -0.39 is 27.9 Å². The van der Waals surface area contributed by atoms with E-state index in [9.17, 15) is 18.0 Å². The van der Waals surface area contributed by atoms with Gasteiger partial charge in [-0.15, -0.1) is 0 Å². The van der Waals surface area contributed by atoms with E-state index in [1.54, 1.807) is 44.2 Å². The molecule has 0 spiro atoms. The highest BCUT2D eigenvalue weighted by molar-refractivity contribution is 7.90. The molecule has 0 aliphatic carbocycles. The Hall–Kier alpha value is -2.74. The van der Waals surface area contributed by atoms with Crippen molar-refractivity contribution < 1.29 is 18.0 Å².